The highest BCUT2D eigenvalue weighted by Crippen LogP contribution is 2.36. The van der Waals surface area contributed by atoms with E-state index in [9.17, 15) is 0 Å². The lowest BCUT2D eigenvalue weighted by Crippen LogP contribution is -2.33. The summed E-state index contributed by atoms with van der Waals surface area (Å²) in [6.07, 6.45) is 2.09. The van der Waals surface area contributed by atoms with Crippen molar-refractivity contribution in [3.05, 3.63) is 23.9 Å². The van der Waals surface area contributed by atoms with E-state index < -0.39 is 0 Å². The third-order valence-corrected chi connectivity index (χ3v) is 2.85. The molecule has 0 spiro atoms. The topological polar surface area (TPSA) is 58.6 Å². The van der Waals surface area contributed by atoms with Crippen LogP contribution < -0.4 is 16.1 Å². The van der Waals surface area contributed by atoms with Crippen LogP contribution in [-0.4, -0.2) is 24.7 Å². The zero-order valence-electron chi connectivity index (χ0n) is 10.8. The summed E-state index contributed by atoms with van der Waals surface area (Å²) < 4.78 is 1.99. The minimum absolute atomic E-state index is 0.388. The molecule has 0 radical (unpaired) electrons. The van der Waals surface area contributed by atoms with E-state index in [1.165, 1.54) is 5.56 Å². The van der Waals surface area contributed by atoms with E-state index in [-0.39, 0.29) is 0 Å². The predicted octanol–water partition coefficient (Wildman–Crippen LogP) is 1.33. The summed E-state index contributed by atoms with van der Waals surface area (Å²) in [6.45, 7) is 8.33. The van der Waals surface area contributed by atoms with Crippen LogP contribution in [0, 0.1) is 0 Å². The summed E-state index contributed by atoms with van der Waals surface area (Å²) in [7, 11) is 3.95. The molecule has 0 bridgehead atoms. The molecule has 5 heteroatoms. The molecule has 1 aromatic rings. The first kappa shape index (κ1) is 11.6. The molecule has 0 amide bonds. The van der Waals surface area contributed by atoms with Gasteiger partial charge in [-0.1, -0.05) is 20.4 Å². The lowest BCUT2D eigenvalue weighted by atomic mass is 10.00. The summed E-state index contributed by atoms with van der Waals surface area (Å²) in [4.78, 5) is 4.36. The Morgan fingerprint density at radius 2 is 2.12 bits per heavy atom. The molecule has 0 saturated heterocycles. The molecule has 0 unspecified atom stereocenters. The second-order valence-electron chi connectivity index (χ2n) is 4.73. The number of aliphatic imine (C=N–C) groups is 1. The van der Waals surface area contributed by atoms with E-state index in [0.29, 0.717) is 11.9 Å². The number of aromatic nitrogens is 1. The van der Waals surface area contributed by atoms with Gasteiger partial charge in [0.25, 0.3) is 0 Å². The number of nitrogens with zero attached hydrogens (tertiary/aromatic N) is 3. The first-order valence-corrected chi connectivity index (χ1v) is 5.65. The first-order chi connectivity index (χ1) is 7.91. The standard InChI is InChI=1S/C12H19N5/c1-7(2)9-6-17(16(4)5)11-10(9)8(3)14-12(13)15-11/h6-7H,3H2,1-2,4-5H3,(H3,13,14,15). The maximum absolute atomic E-state index is 5.74. The Morgan fingerprint density at radius 1 is 1.47 bits per heavy atom. The Hall–Kier alpha value is -1.91. The summed E-state index contributed by atoms with van der Waals surface area (Å²) in [5, 5.41) is 4.96. The second-order valence-corrected chi connectivity index (χ2v) is 4.73. The third-order valence-electron chi connectivity index (χ3n) is 2.85. The number of guanidine groups is 1. The van der Waals surface area contributed by atoms with Gasteiger partial charge in [-0.2, -0.15) is 4.99 Å². The Kier molecular flexibility index (Phi) is 2.61. The molecule has 0 aromatic carbocycles. The predicted molar refractivity (Wildman–Crippen MR) is 72.0 cm³/mol. The average Bonchev–Trinajstić information content (AvgIpc) is 2.56. The molecule has 0 aliphatic carbocycles. The quantitative estimate of drug-likeness (QED) is 0.810. The molecule has 0 saturated carbocycles. The molecule has 1 aliphatic heterocycles. The molecule has 2 rings (SSSR count). The number of hydrogen-bond acceptors (Lipinski definition) is 4. The fourth-order valence-electron chi connectivity index (χ4n) is 2.02. The first-order valence-electron chi connectivity index (χ1n) is 5.65. The van der Waals surface area contributed by atoms with Crippen molar-refractivity contribution in [2.45, 2.75) is 19.8 Å². The largest absolute Gasteiger partial charge is 0.369 e. The minimum atomic E-state index is 0.388. The molecule has 0 atom stereocenters. The van der Waals surface area contributed by atoms with Crippen molar-refractivity contribution in [1.82, 2.24) is 9.99 Å². The van der Waals surface area contributed by atoms with Crippen molar-refractivity contribution >= 4 is 17.5 Å². The van der Waals surface area contributed by atoms with Gasteiger partial charge in [0, 0.05) is 31.6 Å². The van der Waals surface area contributed by atoms with Crippen molar-refractivity contribution in [2.24, 2.45) is 10.7 Å². The normalized spacial score (nSPS) is 14.4. The summed E-state index contributed by atoms with van der Waals surface area (Å²) in [5.41, 5.74) is 8.84. The second kappa shape index (κ2) is 3.84. The van der Waals surface area contributed by atoms with Gasteiger partial charge in [-0.25, -0.2) is 4.68 Å². The van der Waals surface area contributed by atoms with Crippen LogP contribution in [0.5, 0.6) is 0 Å². The van der Waals surface area contributed by atoms with E-state index in [2.05, 4.69) is 36.9 Å². The van der Waals surface area contributed by atoms with E-state index in [4.69, 9.17) is 5.73 Å². The molecular weight excluding hydrogens is 214 g/mol. The number of hydrogen-bond donors (Lipinski definition) is 2. The van der Waals surface area contributed by atoms with E-state index in [1.54, 1.807) is 0 Å². The number of fused-ring (bicyclic) bond motifs is 1. The van der Waals surface area contributed by atoms with Crippen LogP contribution in [-0.2, 0) is 0 Å². The number of nitrogens with two attached hydrogens (primary N) is 1. The van der Waals surface area contributed by atoms with Crippen molar-refractivity contribution < 1.29 is 0 Å². The van der Waals surface area contributed by atoms with Crippen molar-refractivity contribution in [3.8, 4) is 0 Å². The van der Waals surface area contributed by atoms with Crippen LogP contribution in [0.1, 0.15) is 30.9 Å². The van der Waals surface area contributed by atoms with Crippen molar-refractivity contribution in [2.75, 3.05) is 19.1 Å². The molecule has 17 heavy (non-hydrogen) atoms. The molecule has 1 aliphatic rings. The number of nitrogens with one attached hydrogen (secondary N) is 1. The van der Waals surface area contributed by atoms with Gasteiger partial charge in [-0.05, 0) is 11.5 Å². The van der Waals surface area contributed by atoms with Gasteiger partial charge in [0.2, 0.25) is 0 Å². The van der Waals surface area contributed by atoms with Gasteiger partial charge in [-0.3, -0.25) is 0 Å². The van der Waals surface area contributed by atoms with Gasteiger partial charge in [0.1, 0.15) is 0 Å². The van der Waals surface area contributed by atoms with Crippen LogP contribution >= 0.6 is 0 Å². The van der Waals surface area contributed by atoms with Gasteiger partial charge >= 0.3 is 0 Å². The molecule has 2 heterocycles. The molecule has 92 valence electrons. The lowest BCUT2D eigenvalue weighted by Gasteiger charge is -2.20. The Bertz CT molecular complexity index is 493. The average molecular weight is 233 g/mol. The highest BCUT2D eigenvalue weighted by molar-refractivity contribution is 5.95. The lowest BCUT2D eigenvalue weighted by molar-refractivity contribution is 0.731. The van der Waals surface area contributed by atoms with Crippen molar-refractivity contribution in [3.63, 3.8) is 0 Å². The van der Waals surface area contributed by atoms with E-state index >= 15 is 0 Å². The van der Waals surface area contributed by atoms with E-state index in [0.717, 1.165) is 17.1 Å². The van der Waals surface area contributed by atoms with Crippen molar-refractivity contribution in [1.29, 1.82) is 0 Å². The van der Waals surface area contributed by atoms with Crippen LogP contribution in [0.3, 0.4) is 0 Å². The van der Waals surface area contributed by atoms with Gasteiger partial charge in [0.05, 0.1) is 0 Å². The smallest absolute Gasteiger partial charge is 0.199 e. The van der Waals surface area contributed by atoms with Gasteiger partial charge < -0.3 is 16.1 Å². The molecule has 5 nitrogen and oxygen atoms in total. The van der Waals surface area contributed by atoms with Gasteiger partial charge in [-0.15, -0.1) is 0 Å². The minimum Gasteiger partial charge on any atom is -0.369 e. The van der Waals surface area contributed by atoms with Crippen LogP contribution in [0.15, 0.2) is 17.8 Å². The fourth-order valence-corrected chi connectivity index (χ4v) is 2.02. The third kappa shape index (κ3) is 1.77. The zero-order valence-corrected chi connectivity index (χ0v) is 10.8. The molecule has 1 aromatic heterocycles. The van der Waals surface area contributed by atoms with Crippen LogP contribution in [0.2, 0.25) is 0 Å². The number of rotatable bonds is 2. The Balaban J connectivity index is 2.70. The maximum atomic E-state index is 5.74. The summed E-state index contributed by atoms with van der Waals surface area (Å²) in [5.74, 6) is 1.65. The SMILES string of the molecule is C=C1NC(N)=Nc2c1c(C(C)C)cn2N(C)C. The molecular formula is C12H19N5. The van der Waals surface area contributed by atoms with Gasteiger partial charge in [0.15, 0.2) is 11.8 Å². The fraction of sp³-hybridized carbons (Fsp3) is 0.417. The summed E-state index contributed by atoms with van der Waals surface area (Å²) >= 11 is 0. The maximum Gasteiger partial charge on any atom is 0.199 e. The highest BCUT2D eigenvalue weighted by atomic mass is 15.5. The van der Waals surface area contributed by atoms with E-state index in [1.807, 2.05) is 23.8 Å². The zero-order chi connectivity index (χ0) is 12.7. The summed E-state index contributed by atoms with van der Waals surface area (Å²) in [6, 6.07) is 0. The molecule has 0 fully saturated rings. The Morgan fingerprint density at radius 3 is 2.65 bits per heavy atom. The monoisotopic (exact) mass is 233 g/mol. The highest BCUT2D eigenvalue weighted by Gasteiger charge is 2.24. The Labute approximate surface area is 102 Å². The van der Waals surface area contributed by atoms with Crippen LogP contribution in [0.25, 0.3) is 5.70 Å². The molecule has 3 N–H and O–H groups in total. The van der Waals surface area contributed by atoms with Crippen LogP contribution in [0.4, 0.5) is 5.82 Å².